The molecule has 5 heteroatoms. The molecule has 0 aromatic carbocycles. The SMILES string of the molecule is Cc1cnc(C(C)NC(=O)CC(C)(C)N)o1. The number of aromatic nitrogens is 1. The molecule has 3 N–H and O–H groups in total. The van der Waals surface area contributed by atoms with Crippen molar-refractivity contribution in [3.63, 3.8) is 0 Å². The fourth-order valence-corrected chi connectivity index (χ4v) is 1.34. The van der Waals surface area contributed by atoms with Crippen molar-refractivity contribution in [1.82, 2.24) is 10.3 Å². The third-order valence-electron chi connectivity index (χ3n) is 2.00. The van der Waals surface area contributed by atoms with Crippen LogP contribution in [0.2, 0.25) is 0 Å². The van der Waals surface area contributed by atoms with Crippen molar-refractivity contribution >= 4 is 5.91 Å². The average Bonchev–Trinajstić information content (AvgIpc) is 2.47. The normalized spacial score (nSPS) is 13.6. The van der Waals surface area contributed by atoms with Gasteiger partial charge >= 0.3 is 0 Å². The van der Waals surface area contributed by atoms with E-state index in [1.54, 1.807) is 6.20 Å². The van der Waals surface area contributed by atoms with E-state index in [9.17, 15) is 4.79 Å². The van der Waals surface area contributed by atoms with Crippen LogP contribution in [0.1, 0.15) is 44.9 Å². The molecule has 1 atom stereocenters. The van der Waals surface area contributed by atoms with Gasteiger partial charge in [0.05, 0.1) is 6.20 Å². The van der Waals surface area contributed by atoms with Crippen LogP contribution in [0.4, 0.5) is 0 Å². The zero-order chi connectivity index (χ0) is 12.3. The van der Waals surface area contributed by atoms with E-state index < -0.39 is 5.54 Å². The van der Waals surface area contributed by atoms with E-state index in [1.807, 2.05) is 27.7 Å². The Bertz CT molecular complexity index is 366. The van der Waals surface area contributed by atoms with Crippen molar-refractivity contribution in [2.75, 3.05) is 0 Å². The molecule has 5 nitrogen and oxygen atoms in total. The molecule has 0 saturated carbocycles. The molecule has 1 aromatic rings. The lowest BCUT2D eigenvalue weighted by atomic mass is 10.0. The highest BCUT2D eigenvalue weighted by Crippen LogP contribution is 2.13. The highest BCUT2D eigenvalue weighted by atomic mass is 16.4. The number of nitrogens with one attached hydrogen (secondary N) is 1. The molecule has 1 heterocycles. The van der Waals surface area contributed by atoms with Crippen LogP contribution < -0.4 is 11.1 Å². The van der Waals surface area contributed by atoms with Gasteiger partial charge in [-0.25, -0.2) is 4.98 Å². The van der Waals surface area contributed by atoms with Gasteiger partial charge in [0.1, 0.15) is 11.8 Å². The molecule has 90 valence electrons. The van der Waals surface area contributed by atoms with Gasteiger partial charge in [-0.1, -0.05) is 0 Å². The second-order valence-electron chi connectivity index (χ2n) is 4.76. The fraction of sp³-hybridized carbons (Fsp3) is 0.636. The van der Waals surface area contributed by atoms with Crippen molar-refractivity contribution in [1.29, 1.82) is 0 Å². The Kier molecular flexibility index (Phi) is 3.70. The minimum absolute atomic E-state index is 0.101. The molecule has 1 aromatic heterocycles. The molecular formula is C11H19N3O2. The first-order valence-corrected chi connectivity index (χ1v) is 5.28. The number of hydrogen-bond donors (Lipinski definition) is 2. The maximum atomic E-state index is 11.6. The van der Waals surface area contributed by atoms with Crippen LogP contribution in [-0.2, 0) is 4.79 Å². The predicted octanol–water partition coefficient (Wildman–Crippen LogP) is 1.29. The van der Waals surface area contributed by atoms with Gasteiger partial charge in [0.2, 0.25) is 11.8 Å². The molecule has 0 aliphatic rings. The number of oxazole rings is 1. The van der Waals surface area contributed by atoms with Crippen LogP contribution in [0.5, 0.6) is 0 Å². The molecule has 0 spiro atoms. The number of hydrogen-bond acceptors (Lipinski definition) is 4. The number of nitrogens with two attached hydrogens (primary N) is 1. The molecule has 0 saturated heterocycles. The van der Waals surface area contributed by atoms with Crippen LogP contribution in [0, 0.1) is 6.92 Å². The summed E-state index contributed by atoms with van der Waals surface area (Å²) in [6.45, 7) is 7.26. The van der Waals surface area contributed by atoms with Gasteiger partial charge in [-0.2, -0.15) is 0 Å². The number of amides is 1. The Morgan fingerprint density at radius 3 is 2.75 bits per heavy atom. The van der Waals surface area contributed by atoms with Crippen LogP contribution in [-0.4, -0.2) is 16.4 Å². The molecule has 16 heavy (non-hydrogen) atoms. The molecule has 1 rings (SSSR count). The van der Waals surface area contributed by atoms with Crippen LogP contribution >= 0.6 is 0 Å². The summed E-state index contributed by atoms with van der Waals surface area (Å²) < 4.78 is 5.32. The molecule has 0 radical (unpaired) electrons. The summed E-state index contributed by atoms with van der Waals surface area (Å²) in [4.78, 5) is 15.6. The predicted molar refractivity (Wildman–Crippen MR) is 60.7 cm³/mol. The summed E-state index contributed by atoms with van der Waals surface area (Å²) >= 11 is 0. The average molecular weight is 225 g/mol. The van der Waals surface area contributed by atoms with E-state index in [0.29, 0.717) is 5.89 Å². The van der Waals surface area contributed by atoms with Crippen LogP contribution in [0.25, 0.3) is 0 Å². The van der Waals surface area contributed by atoms with Gasteiger partial charge in [-0.3, -0.25) is 4.79 Å². The lowest BCUT2D eigenvalue weighted by molar-refractivity contribution is -0.122. The third kappa shape index (κ3) is 4.02. The zero-order valence-corrected chi connectivity index (χ0v) is 10.2. The fourth-order valence-electron chi connectivity index (χ4n) is 1.34. The van der Waals surface area contributed by atoms with Crippen molar-refractivity contribution in [2.45, 2.75) is 45.7 Å². The lowest BCUT2D eigenvalue weighted by Gasteiger charge is -2.19. The zero-order valence-electron chi connectivity index (χ0n) is 10.2. The number of aryl methyl sites for hydroxylation is 1. The maximum absolute atomic E-state index is 11.6. The quantitative estimate of drug-likeness (QED) is 0.809. The number of carbonyl (C=O) groups is 1. The van der Waals surface area contributed by atoms with Crippen molar-refractivity contribution in [3.8, 4) is 0 Å². The Morgan fingerprint density at radius 1 is 1.69 bits per heavy atom. The Morgan fingerprint density at radius 2 is 2.31 bits per heavy atom. The van der Waals surface area contributed by atoms with Crippen molar-refractivity contribution < 1.29 is 9.21 Å². The summed E-state index contributed by atoms with van der Waals surface area (Å²) in [6, 6.07) is -0.233. The van der Waals surface area contributed by atoms with Gasteiger partial charge in [-0.05, 0) is 27.7 Å². The third-order valence-corrected chi connectivity index (χ3v) is 2.00. The highest BCUT2D eigenvalue weighted by Gasteiger charge is 2.19. The summed E-state index contributed by atoms with van der Waals surface area (Å²) in [5.74, 6) is 1.15. The molecule has 0 aliphatic heterocycles. The lowest BCUT2D eigenvalue weighted by Crippen LogP contribution is -2.39. The number of nitrogens with zero attached hydrogens (tertiary/aromatic N) is 1. The van der Waals surface area contributed by atoms with Gasteiger partial charge in [0.15, 0.2) is 0 Å². The Balaban J connectivity index is 2.52. The smallest absolute Gasteiger partial charge is 0.222 e. The van der Waals surface area contributed by atoms with Crippen LogP contribution in [0.15, 0.2) is 10.6 Å². The number of rotatable bonds is 4. The van der Waals surface area contributed by atoms with E-state index in [4.69, 9.17) is 10.2 Å². The van der Waals surface area contributed by atoms with E-state index in [2.05, 4.69) is 10.3 Å². The van der Waals surface area contributed by atoms with E-state index in [-0.39, 0.29) is 18.4 Å². The molecule has 0 fully saturated rings. The van der Waals surface area contributed by atoms with Gasteiger partial charge < -0.3 is 15.5 Å². The minimum Gasteiger partial charge on any atom is -0.444 e. The molecular weight excluding hydrogens is 206 g/mol. The van der Waals surface area contributed by atoms with Crippen molar-refractivity contribution in [2.24, 2.45) is 5.73 Å². The first-order chi connectivity index (χ1) is 7.28. The second kappa shape index (κ2) is 4.65. The van der Waals surface area contributed by atoms with Gasteiger partial charge in [0, 0.05) is 12.0 Å². The van der Waals surface area contributed by atoms with E-state index in [1.165, 1.54) is 0 Å². The second-order valence-corrected chi connectivity index (χ2v) is 4.76. The van der Waals surface area contributed by atoms with E-state index in [0.717, 1.165) is 5.76 Å². The summed E-state index contributed by atoms with van der Waals surface area (Å²) in [7, 11) is 0. The monoisotopic (exact) mass is 225 g/mol. The minimum atomic E-state index is -0.504. The van der Waals surface area contributed by atoms with Gasteiger partial charge in [-0.15, -0.1) is 0 Å². The number of carbonyl (C=O) groups excluding carboxylic acids is 1. The Hall–Kier alpha value is -1.36. The largest absolute Gasteiger partial charge is 0.444 e. The molecule has 0 aliphatic carbocycles. The highest BCUT2D eigenvalue weighted by molar-refractivity contribution is 5.77. The topological polar surface area (TPSA) is 81.2 Å². The standard InChI is InChI=1S/C11H19N3O2/c1-7-6-13-10(16-7)8(2)14-9(15)5-11(3,4)12/h6,8H,5,12H2,1-4H3,(H,14,15). The van der Waals surface area contributed by atoms with Crippen LogP contribution in [0.3, 0.4) is 0 Å². The summed E-state index contributed by atoms with van der Waals surface area (Å²) in [5, 5.41) is 2.79. The first-order valence-electron chi connectivity index (χ1n) is 5.28. The van der Waals surface area contributed by atoms with Crippen molar-refractivity contribution in [3.05, 3.63) is 17.8 Å². The molecule has 1 amide bonds. The van der Waals surface area contributed by atoms with Gasteiger partial charge in [0.25, 0.3) is 0 Å². The summed E-state index contributed by atoms with van der Waals surface area (Å²) in [5.41, 5.74) is 5.25. The molecule has 1 unspecified atom stereocenters. The van der Waals surface area contributed by atoms with E-state index >= 15 is 0 Å². The maximum Gasteiger partial charge on any atom is 0.222 e. The Labute approximate surface area is 95.4 Å². The first kappa shape index (κ1) is 12.7. The molecule has 0 bridgehead atoms. The summed E-state index contributed by atoms with van der Waals surface area (Å²) in [6.07, 6.45) is 1.90.